The third kappa shape index (κ3) is 2.77. The standard InChI is InChI=1S/C18H14BrF3N2O2/c1-25-16-8-13(9-4-2-3-5-15(9)26-18(21)22)24-14-6-10(19)11(20)7-12(14)23-17(16)24/h2-7,13,16,18H,8H2,1H3/t13-,16-/m0/s1. The number of fused-ring (bicyclic) bond motifs is 3. The number of ether oxygens (including phenoxy) is 2. The normalized spacial score (nSPS) is 19.3. The molecule has 2 heterocycles. The second-order valence-corrected chi connectivity index (χ2v) is 6.84. The summed E-state index contributed by atoms with van der Waals surface area (Å²) in [4.78, 5) is 4.50. The van der Waals surface area contributed by atoms with Gasteiger partial charge in [0.2, 0.25) is 0 Å². The highest BCUT2D eigenvalue weighted by Gasteiger charge is 2.37. The molecule has 0 saturated carbocycles. The zero-order valence-electron chi connectivity index (χ0n) is 13.6. The molecule has 0 saturated heterocycles. The van der Waals surface area contributed by atoms with Gasteiger partial charge in [0.1, 0.15) is 23.5 Å². The number of aromatic nitrogens is 2. The molecule has 0 aliphatic carbocycles. The van der Waals surface area contributed by atoms with Gasteiger partial charge in [0.25, 0.3) is 0 Å². The molecule has 136 valence electrons. The number of alkyl halides is 2. The summed E-state index contributed by atoms with van der Waals surface area (Å²) in [5.41, 5.74) is 1.79. The minimum Gasteiger partial charge on any atom is -0.434 e. The van der Waals surface area contributed by atoms with Crippen molar-refractivity contribution in [1.29, 1.82) is 0 Å². The molecule has 4 rings (SSSR count). The molecular formula is C18H14BrF3N2O2. The van der Waals surface area contributed by atoms with Crippen LogP contribution in [0.1, 0.15) is 30.0 Å². The van der Waals surface area contributed by atoms with Crippen LogP contribution in [0, 0.1) is 5.82 Å². The Hall–Kier alpha value is -2.06. The van der Waals surface area contributed by atoms with Gasteiger partial charge in [-0.3, -0.25) is 0 Å². The van der Waals surface area contributed by atoms with Gasteiger partial charge in [-0.1, -0.05) is 18.2 Å². The maximum Gasteiger partial charge on any atom is 0.387 e. The van der Waals surface area contributed by atoms with Crippen molar-refractivity contribution in [2.24, 2.45) is 0 Å². The van der Waals surface area contributed by atoms with Crippen LogP contribution in [0.2, 0.25) is 0 Å². The van der Waals surface area contributed by atoms with Gasteiger partial charge < -0.3 is 14.0 Å². The smallest absolute Gasteiger partial charge is 0.387 e. The Morgan fingerprint density at radius 1 is 1.27 bits per heavy atom. The molecule has 2 atom stereocenters. The van der Waals surface area contributed by atoms with Crippen molar-refractivity contribution in [3.8, 4) is 5.75 Å². The molecule has 0 N–H and O–H groups in total. The summed E-state index contributed by atoms with van der Waals surface area (Å²) in [6, 6.07) is 9.33. The first-order chi connectivity index (χ1) is 12.5. The third-order valence-electron chi connectivity index (χ3n) is 4.57. The quantitative estimate of drug-likeness (QED) is 0.573. The Balaban J connectivity index is 1.91. The van der Waals surface area contributed by atoms with Gasteiger partial charge in [-0.05, 0) is 28.1 Å². The second kappa shape index (κ2) is 6.59. The molecule has 26 heavy (non-hydrogen) atoms. The van der Waals surface area contributed by atoms with Gasteiger partial charge in [-0.25, -0.2) is 9.37 Å². The van der Waals surface area contributed by atoms with E-state index in [-0.39, 0.29) is 17.9 Å². The fourth-order valence-electron chi connectivity index (χ4n) is 3.50. The molecule has 1 aliphatic heterocycles. The van der Waals surface area contributed by atoms with Crippen molar-refractivity contribution < 1.29 is 22.6 Å². The van der Waals surface area contributed by atoms with Crippen LogP contribution in [-0.2, 0) is 4.74 Å². The van der Waals surface area contributed by atoms with E-state index in [1.165, 1.54) is 12.1 Å². The molecule has 0 bridgehead atoms. The molecule has 2 aromatic carbocycles. The molecule has 0 spiro atoms. The molecule has 1 aromatic heterocycles. The van der Waals surface area contributed by atoms with Crippen LogP contribution in [0.15, 0.2) is 40.9 Å². The van der Waals surface area contributed by atoms with E-state index in [1.807, 2.05) is 4.57 Å². The van der Waals surface area contributed by atoms with E-state index in [9.17, 15) is 13.2 Å². The second-order valence-electron chi connectivity index (χ2n) is 5.99. The number of benzene rings is 2. The average Bonchev–Trinajstić information content (AvgIpc) is 3.12. The third-order valence-corrected chi connectivity index (χ3v) is 5.18. The van der Waals surface area contributed by atoms with Gasteiger partial charge in [0.15, 0.2) is 0 Å². The molecular weight excluding hydrogens is 413 g/mol. The minimum absolute atomic E-state index is 0.109. The van der Waals surface area contributed by atoms with E-state index >= 15 is 0 Å². The van der Waals surface area contributed by atoms with E-state index in [1.54, 1.807) is 31.4 Å². The van der Waals surface area contributed by atoms with Crippen LogP contribution in [0.3, 0.4) is 0 Å². The van der Waals surface area contributed by atoms with Crippen molar-refractivity contribution in [1.82, 2.24) is 9.55 Å². The first-order valence-corrected chi connectivity index (χ1v) is 8.72. The van der Waals surface area contributed by atoms with Crippen molar-refractivity contribution in [2.75, 3.05) is 7.11 Å². The van der Waals surface area contributed by atoms with E-state index in [0.29, 0.717) is 33.3 Å². The summed E-state index contributed by atoms with van der Waals surface area (Å²) in [6.07, 6.45) is 0.196. The number of nitrogens with zero attached hydrogens (tertiary/aromatic N) is 2. The average molecular weight is 427 g/mol. The topological polar surface area (TPSA) is 36.3 Å². The first kappa shape index (κ1) is 17.4. The van der Waals surface area contributed by atoms with Gasteiger partial charge in [-0.2, -0.15) is 8.78 Å². The number of hydrogen-bond donors (Lipinski definition) is 0. The maximum atomic E-state index is 13.9. The monoisotopic (exact) mass is 426 g/mol. The predicted molar refractivity (Wildman–Crippen MR) is 93.0 cm³/mol. The Morgan fingerprint density at radius 3 is 2.77 bits per heavy atom. The van der Waals surface area contributed by atoms with Crippen molar-refractivity contribution in [2.45, 2.75) is 25.2 Å². The van der Waals surface area contributed by atoms with E-state index in [0.717, 1.165) is 0 Å². The fraction of sp³-hybridized carbons (Fsp3) is 0.278. The summed E-state index contributed by atoms with van der Waals surface area (Å²) in [5.74, 6) is 0.330. The summed E-state index contributed by atoms with van der Waals surface area (Å²) in [7, 11) is 1.56. The van der Waals surface area contributed by atoms with Crippen LogP contribution in [0.5, 0.6) is 5.75 Å². The number of rotatable bonds is 4. The molecule has 4 nitrogen and oxygen atoms in total. The van der Waals surface area contributed by atoms with Crippen molar-refractivity contribution in [3.63, 3.8) is 0 Å². The Bertz CT molecular complexity index is 976. The summed E-state index contributed by atoms with van der Waals surface area (Å²) < 4.78 is 51.9. The van der Waals surface area contributed by atoms with Crippen LogP contribution < -0.4 is 4.74 Å². The highest BCUT2D eigenvalue weighted by Crippen LogP contribution is 2.45. The summed E-state index contributed by atoms with van der Waals surface area (Å²) >= 11 is 3.19. The first-order valence-electron chi connectivity index (χ1n) is 7.93. The minimum atomic E-state index is -2.92. The highest BCUT2D eigenvalue weighted by molar-refractivity contribution is 9.10. The lowest BCUT2D eigenvalue weighted by molar-refractivity contribution is -0.0507. The molecule has 1 aliphatic rings. The number of halogens is 4. The van der Waals surface area contributed by atoms with E-state index < -0.39 is 12.4 Å². The number of imidazole rings is 1. The highest BCUT2D eigenvalue weighted by atomic mass is 79.9. The molecule has 8 heteroatoms. The number of methoxy groups -OCH3 is 1. The van der Waals surface area contributed by atoms with Gasteiger partial charge in [0, 0.05) is 25.2 Å². The lowest BCUT2D eigenvalue weighted by atomic mass is 10.0. The largest absolute Gasteiger partial charge is 0.434 e. The van der Waals surface area contributed by atoms with Crippen molar-refractivity contribution >= 4 is 27.0 Å². The Labute approximate surface area is 155 Å². The summed E-state index contributed by atoms with van der Waals surface area (Å²) in [6.45, 7) is -2.92. The maximum absolute atomic E-state index is 13.9. The number of para-hydroxylation sites is 1. The van der Waals surface area contributed by atoms with Gasteiger partial charge in [-0.15, -0.1) is 0 Å². The van der Waals surface area contributed by atoms with Gasteiger partial charge in [0.05, 0.1) is 21.5 Å². The predicted octanol–water partition coefficient (Wildman–Crippen LogP) is 5.22. The van der Waals surface area contributed by atoms with Gasteiger partial charge >= 0.3 is 6.61 Å². The Kier molecular flexibility index (Phi) is 4.40. The lowest BCUT2D eigenvalue weighted by Gasteiger charge is -2.19. The molecule has 3 aromatic rings. The van der Waals surface area contributed by atoms with Crippen LogP contribution in [0.25, 0.3) is 11.0 Å². The zero-order chi connectivity index (χ0) is 18.4. The molecule has 0 radical (unpaired) electrons. The SMILES string of the molecule is CO[C@H]1C[C@@H](c2ccccc2OC(F)F)n2c1nc1cc(F)c(Br)cc12. The van der Waals surface area contributed by atoms with Crippen LogP contribution >= 0.6 is 15.9 Å². The molecule has 0 unspecified atom stereocenters. The number of hydrogen-bond acceptors (Lipinski definition) is 3. The van der Waals surface area contributed by atoms with Crippen LogP contribution in [-0.4, -0.2) is 23.3 Å². The lowest BCUT2D eigenvalue weighted by Crippen LogP contribution is -2.10. The van der Waals surface area contributed by atoms with E-state index in [2.05, 4.69) is 20.9 Å². The van der Waals surface area contributed by atoms with Crippen molar-refractivity contribution in [3.05, 3.63) is 58.1 Å². The Morgan fingerprint density at radius 2 is 2.04 bits per heavy atom. The van der Waals surface area contributed by atoms with E-state index in [4.69, 9.17) is 9.47 Å². The fourth-order valence-corrected chi connectivity index (χ4v) is 3.84. The summed E-state index contributed by atoms with van der Waals surface area (Å²) in [5, 5.41) is 0. The molecule has 0 fully saturated rings. The molecule has 0 amide bonds. The van der Waals surface area contributed by atoms with Crippen LogP contribution in [0.4, 0.5) is 13.2 Å². The zero-order valence-corrected chi connectivity index (χ0v) is 15.2.